The molecule has 2 rings (SSSR count). The summed E-state index contributed by atoms with van der Waals surface area (Å²) in [5.74, 6) is 0.0779. The number of amides is 1. The summed E-state index contributed by atoms with van der Waals surface area (Å²) in [5, 5.41) is 3.00. The second-order valence-corrected chi connectivity index (χ2v) is 5.89. The van der Waals surface area contributed by atoms with Gasteiger partial charge >= 0.3 is 0 Å². The number of aromatic nitrogens is 1. The zero-order chi connectivity index (χ0) is 16.1. The van der Waals surface area contributed by atoms with E-state index in [1.807, 2.05) is 6.92 Å². The lowest BCUT2D eigenvalue weighted by Gasteiger charge is -2.18. The quantitative estimate of drug-likeness (QED) is 0.760. The summed E-state index contributed by atoms with van der Waals surface area (Å²) in [5.41, 5.74) is 3.06. The number of Topliss-reactive ketones (excluding diaryl/α,β-unsaturated/α-hetero) is 1. The Morgan fingerprint density at radius 3 is 2.68 bits per heavy atom. The summed E-state index contributed by atoms with van der Waals surface area (Å²) in [7, 11) is 0. The number of nitrogens with zero attached hydrogens (tertiary/aromatic N) is 1. The molecule has 1 amide bonds. The molecule has 0 spiro atoms. The van der Waals surface area contributed by atoms with E-state index in [-0.39, 0.29) is 11.7 Å². The number of hydrogen-bond acceptors (Lipinski definition) is 3. The second kappa shape index (κ2) is 7.58. The normalized spacial score (nSPS) is 14.3. The number of H-pyrrole nitrogens is 1. The van der Waals surface area contributed by atoms with Crippen LogP contribution in [0.1, 0.15) is 65.2 Å². The van der Waals surface area contributed by atoms with Crippen LogP contribution in [0.25, 0.3) is 0 Å². The van der Waals surface area contributed by atoms with E-state index in [1.54, 1.807) is 0 Å². The molecule has 0 radical (unpaired) electrons. The van der Waals surface area contributed by atoms with E-state index in [0.717, 1.165) is 50.2 Å². The molecule has 0 saturated carbocycles. The van der Waals surface area contributed by atoms with Crippen molar-refractivity contribution < 1.29 is 9.59 Å². The lowest BCUT2D eigenvalue weighted by molar-refractivity contribution is 0.0950. The Kier molecular flexibility index (Phi) is 5.77. The van der Waals surface area contributed by atoms with Gasteiger partial charge in [-0.05, 0) is 51.4 Å². The first-order valence-corrected chi connectivity index (χ1v) is 8.33. The van der Waals surface area contributed by atoms with Crippen LogP contribution >= 0.6 is 0 Å². The van der Waals surface area contributed by atoms with Crippen LogP contribution in [-0.2, 0) is 6.42 Å². The zero-order valence-electron chi connectivity index (χ0n) is 13.9. The van der Waals surface area contributed by atoms with Crippen molar-refractivity contribution in [1.82, 2.24) is 15.2 Å². The first-order chi connectivity index (χ1) is 10.6. The molecule has 5 heteroatoms. The fraction of sp³-hybridized carbons (Fsp3) is 0.647. The van der Waals surface area contributed by atoms with Gasteiger partial charge in [0.2, 0.25) is 0 Å². The summed E-state index contributed by atoms with van der Waals surface area (Å²) in [6, 6.07) is 0. The summed E-state index contributed by atoms with van der Waals surface area (Å²) >= 11 is 0. The zero-order valence-corrected chi connectivity index (χ0v) is 13.9. The average molecular weight is 305 g/mol. The van der Waals surface area contributed by atoms with Crippen molar-refractivity contribution in [1.29, 1.82) is 0 Å². The fourth-order valence-electron chi connectivity index (χ4n) is 3.16. The number of carbonyl (C=O) groups is 2. The minimum Gasteiger partial charge on any atom is -0.355 e. The van der Waals surface area contributed by atoms with Crippen LogP contribution in [0.2, 0.25) is 0 Å². The monoisotopic (exact) mass is 305 g/mol. The molecular formula is C17H27N3O2. The maximum Gasteiger partial charge on any atom is 0.253 e. The molecule has 0 saturated heterocycles. The van der Waals surface area contributed by atoms with Crippen molar-refractivity contribution in [3.05, 3.63) is 22.5 Å². The topological polar surface area (TPSA) is 65.2 Å². The van der Waals surface area contributed by atoms with Crippen LogP contribution in [0.3, 0.4) is 0 Å². The Bertz CT molecular complexity index is 544. The number of ketones is 1. The molecule has 0 aliphatic heterocycles. The van der Waals surface area contributed by atoms with Gasteiger partial charge in [0.15, 0.2) is 5.78 Å². The molecule has 0 atom stereocenters. The van der Waals surface area contributed by atoms with Crippen LogP contribution in [0.15, 0.2) is 0 Å². The first-order valence-electron chi connectivity index (χ1n) is 8.33. The number of hydrogen-bond donors (Lipinski definition) is 2. The molecule has 0 unspecified atom stereocenters. The highest BCUT2D eigenvalue weighted by Crippen LogP contribution is 2.26. The largest absolute Gasteiger partial charge is 0.355 e. The van der Waals surface area contributed by atoms with Gasteiger partial charge in [0, 0.05) is 18.7 Å². The maximum atomic E-state index is 12.4. The number of aromatic amines is 1. The number of nitrogens with one attached hydrogen (secondary N) is 2. The van der Waals surface area contributed by atoms with E-state index in [2.05, 4.69) is 29.0 Å². The van der Waals surface area contributed by atoms with Crippen LogP contribution in [0.4, 0.5) is 0 Å². The van der Waals surface area contributed by atoms with Gasteiger partial charge in [0.25, 0.3) is 5.91 Å². The van der Waals surface area contributed by atoms with Gasteiger partial charge in [0.05, 0.1) is 11.3 Å². The van der Waals surface area contributed by atoms with Crippen molar-refractivity contribution in [2.75, 3.05) is 26.2 Å². The third-order valence-electron chi connectivity index (χ3n) is 4.46. The molecule has 1 aliphatic rings. The molecule has 0 bridgehead atoms. The van der Waals surface area contributed by atoms with E-state index in [9.17, 15) is 9.59 Å². The standard InChI is InChI=1S/C17H27N3O2/c1-4-20(5-2)11-7-10-18-17(22)15-12(3)19-16-13(15)8-6-9-14(16)21/h19H,4-11H2,1-3H3,(H,18,22). The molecule has 1 aliphatic carbocycles. The van der Waals surface area contributed by atoms with Crippen molar-refractivity contribution in [2.24, 2.45) is 0 Å². The number of aryl methyl sites for hydroxylation is 1. The molecule has 1 aromatic heterocycles. The predicted molar refractivity (Wildman–Crippen MR) is 87.5 cm³/mol. The van der Waals surface area contributed by atoms with Gasteiger partial charge < -0.3 is 15.2 Å². The Balaban J connectivity index is 1.95. The van der Waals surface area contributed by atoms with Gasteiger partial charge in [0.1, 0.15) is 0 Å². The first kappa shape index (κ1) is 16.7. The third kappa shape index (κ3) is 3.58. The Morgan fingerprint density at radius 1 is 1.27 bits per heavy atom. The predicted octanol–water partition coefficient (Wildman–Crippen LogP) is 2.30. The Labute approximate surface area is 132 Å². The minimum absolute atomic E-state index is 0.0516. The van der Waals surface area contributed by atoms with Crippen LogP contribution in [0.5, 0.6) is 0 Å². The molecule has 122 valence electrons. The summed E-state index contributed by atoms with van der Waals surface area (Å²) < 4.78 is 0. The highest BCUT2D eigenvalue weighted by atomic mass is 16.1. The van der Waals surface area contributed by atoms with Gasteiger partial charge in [-0.25, -0.2) is 0 Å². The molecular weight excluding hydrogens is 278 g/mol. The van der Waals surface area contributed by atoms with E-state index in [1.165, 1.54) is 0 Å². The van der Waals surface area contributed by atoms with Crippen molar-refractivity contribution in [3.63, 3.8) is 0 Å². The smallest absolute Gasteiger partial charge is 0.253 e. The summed E-state index contributed by atoms with van der Waals surface area (Å²) in [4.78, 5) is 29.8. The molecule has 1 heterocycles. The lowest BCUT2D eigenvalue weighted by atomic mass is 9.93. The molecule has 0 fully saturated rings. The molecule has 22 heavy (non-hydrogen) atoms. The maximum absolute atomic E-state index is 12.4. The van der Waals surface area contributed by atoms with E-state index < -0.39 is 0 Å². The van der Waals surface area contributed by atoms with Crippen molar-refractivity contribution in [2.45, 2.75) is 46.5 Å². The van der Waals surface area contributed by atoms with Gasteiger partial charge in [-0.15, -0.1) is 0 Å². The minimum atomic E-state index is -0.0516. The molecule has 0 aromatic carbocycles. The van der Waals surface area contributed by atoms with Gasteiger partial charge in [-0.1, -0.05) is 13.8 Å². The van der Waals surface area contributed by atoms with Crippen molar-refractivity contribution in [3.8, 4) is 0 Å². The lowest BCUT2D eigenvalue weighted by Crippen LogP contribution is -2.30. The third-order valence-corrected chi connectivity index (χ3v) is 4.46. The highest BCUT2D eigenvalue weighted by Gasteiger charge is 2.26. The number of rotatable bonds is 7. The van der Waals surface area contributed by atoms with Crippen LogP contribution in [0, 0.1) is 6.92 Å². The SMILES string of the molecule is CCN(CC)CCCNC(=O)c1c(C)[nH]c2c1CCCC2=O. The molecule has 2 N–H and O–H groups in total. The summed E-state index contributed by atoms with van der Waals surface area (Å²) in [6.45, 7) is 9.91. The molecule has 5 nitrogen and oxygen atoms in total. The van der Waals surface area contributed by atoms with E-state index in [0.29, 0.717) is 24.2 Å². The Morgan fingerprint density at radius 2 is 2.00 bits per heavy atom. The van der Waals surface area contributed by atoms with Gasteiger partial charge in [-0.3, -0.25) is 9.59 Å². The number of fused-ring (bicyclic) bond motifs is 1. The van der Waals surface area contributed by atoms with Gasteiger partial charge in [-0.2, -0.15) is 0 Å². The van der Waals surface area contributed by atoms with Crippen LogP contribution in [-0.4, -0.2) is 47.8 Å². The fourth-order valence-corrected chi connectivity index (χ4v) is 3.16. The van der Waals surface area contributed by atoms with E-state index >= 15 is 0 Å². The Hall–Kier alpha value is -1.62. The van der Waals surface area contributed by atoms with Crippen LogP contribution < -0.4 is 5.32 Å². The molecule has 1 aromatic rings. The summed E-state index contributed by atoms with van der Waals surface area (Å²) in [6.07, 6.45) is 3.18. The highest BCUT2D eigenvalue weighted by molar-refractivity contribution is 6.04. The average Bonchev–Trinajstić information content (AvgIpc) is 2.85. The van der Waals surface area contributed by atoms with E-state index in [4.69, 9.17) is 0 Å². The number of carbonyl (C=O) groups excluding carboxylic acids is 2. The van der Waals surface area contributed by atoms with Crippen molar-refractivity contribution >= 4 is 11.7 Å². The second-order valence-electron chi connectivity index (χ2n) is 5.89.